The number of aryl methyl sites for hydroxylation is 1. The van der Waals surface area contributed by atoms with Crippen LogP contribution in [-0.2, 0) is 26.4 Å². The molecule has 20 heavy (non-hydrogen) atoms. The van der Waals surface area contributed by atoms with Crippen molar-refractivity contribution in [3.63, 3.8) is 0 Å². The Morgan fingerprint density at radius 1 is 1.55 bits per heavy atom. The molecule has 1 atom stereocenters. The largest absolute Gasteiger partial charge is 0.381 e. The van der Waals surface area contributed by atoms with Crippen molar-refractivity contribution in [2.75, 3.05) is 11.5 Å². The molecule has 1 unspecified atom stereocenters. The van der Waals surface area contributed by atoms with Gasteiger partial charge in [0.2, 0.25) is 10.0 Å². The molecule has 8 nitrogen and oxygen atoms in total. The number of nitrogen functional groups attached to an aromatic ring is 1. The third kappa shape index (κ3) is 3.19. The average molecular weight is 320 g/mol. The lowest BCUT2D eigenvalue weighted by molar-refractivity contribution is 0.573. The summed E-state index contributed by atoms with van der Waals surface area (Å²) in [5.41, 5.74) is 5.60. The van der Waals surface area contributed by atoms with E-state index in [1.165, 1.54) is 17.0 Å². The van der Waals surface area contributed by atoms with E-state index in [9.17, 15) is 16.8 Å². The normalized spacial score (nSPS) is 21.4. The predicted molar refractivity (Wildman–Crippen MR) is 74.0 cm³/mol. The monoisotopic (exact) mass is 320 g/mol. The Morgan fingerprint density at radius 2 is 2.25 bits per heavy atom. The molecule has 1 aliphatic heterocycles. The first kappa shape index (κ1) is 15.0. The van der Waals surface area contributed by atoms with Gasteiger partial charge in [0.1, 0.15) is 4.90 Å². The lowest BCUT2D eigenvalue weighted by atomic mass is 10.4. The summed E-state index contributed by atoms with van der Waals surface area (Å²) in [6.45, 7) is 2.48. The second-order valence-electron chi connectivity index (χ2n) is 4.53. The van der Waals surface area contributed by atoms with Crippen LogP contribution in [0.2, 0.25) is 0 Å². The SMILES string of the molecule is CCCn1cc(S(=O)(=O)NC2C=CS(=O)(=O)C2)c(N)n1. The van der Waals surface area contributed by atoms with Crippen molar-refractivity contribution in [1.29, 1.82) is 0 Å². The number of aromatic nitrogens is 2. The Labute approximate surface area is 117 Å². The fourth-order valence-corrected chi connectivity index (χ4v) is 4.49. The lowest BCUT2D eigenvalue weighted by Crippen LogP contribution is -2.35. The molecule has 1 aromatic heterocycles. The summed E-state index contributed by atoms with van der Waals surface area (Å²) in [4.78, 5) is -0.136. The van der Waals surface area contributed by atoms with Gasteiger partial charge in [-0.1, -0.05) is 13.0 Å². The van der Waals surface area contributed by atoms with Crippen molar-refractivity contribution < 1.29 is 16.8 Å². The van der Waals surface area contributed by atoms with Crippen LogP contribution >= 0.6 is 0 Å². The molecular formula is C10H16N4O4S2. The van der Waals surface area contributed by atoms with Gasteiger partial charge in [-0.25, -0.2) is 21.6 Å². The van der Waals surface area contributed by atoms with E-state index >= 15 is 0 Å². The zero-order valence-corrected chi connectivity index (χ0v) is 12.5. The van der Waals surface area contributed by atoms with Gasteiger partial charge in [-0.2, -0.15) is 5.10 Å². The highest BCUT2D eigenvalue weighted by Crippen LogP contribution is 2.18. The van der Waals surface area contributed by atoms with Gasteiger partial charge in [0.25, 0.3) is 0 Å². The molecule has 0 aliphatic carbocycles. The van der Waals surface area contributed by atoms with Crippen LogP contribution in [0.15, 0.2) is 22.6 Å². The molecule has 2 rings (SSSR count). The maximum atomic E-state index is 12.2. The Kier molecular flexibility index (Phi) is 3.89. The van der Waals surface area contributed by atoms with E-state index in [4.69, 9.17) is 5.73 Å². The number of hydrogen-bond donors (Lipinski definition) is 2. The van der Waals surface area contributed by atoms with Crippen molar-refractivity contribution >= 4 is 25.7 Å². The van der Waals surface area contributed by atoms with Crippen molar-refractivity contribution in [3.8, 4) is 0 Å². The van der Waals surface area contributed by atoms with E-state index in [-0.39, 0.29) is 16.5 Å². The highest BCUT2D eigenvalue weighted by molar-refractivity contribution is 7.94. The van der Waals surface area contributed by atoms with Gasteiger partial charge in [-0.05, 0) is 6.42 Å². The molecule has 0 aromatic carbocycles. The molecule has 1 aromatic rings. The van der Waals surface area contributed by atoms with Gasteiger partial charge < -0.3 is 5.73 Å². The number of sulfonamides is 1. The molecule has 0 fully saturated rings. The summed E-state index contributed by atoms with van der Waals surface area (Å²) < 4.78 is 50.6. The van der Waals surface area contributed by atoms with E-state index in [2.05, 4.69) is 9.82 Å². The molecule has 2 heterocycles. The Balaban J connectivity index is 2.21. The van der Waals surface area contributed by atoms with Gasteiger partial charge in [0.05, 0.1) is 11.8 Å². The third-order valence-electron chi connectivity index (χ3n) is 2.73. The molecule has 0 bridgehead atoms. The minimum Gasteiger partial charge on any atom is -0.381 e. The Bertz CT molecular complexity index is 733. The number of nitrogens with two attached hydrogens (primary N) is 1. The number of sulfone groups is 1. The second kappa shape index (κ2) is 5.19. The van der Waals surface area contributed by atoms with Gasteiger partial charge >= 0.3 is 0 Å². The zero-order chi connectivity index (χ0) is 15.0. The highest BCUT2D eigenvalue weighted by Gasteiger charge is 2.29. The summed E-state index contributed by atoms with van der Waals surface area (Å²) in [6, 6.07) is -0.779. The Morgan fingerprint density at radius 3 is 2.80 bits per heavy atom. The number of anilines is 1. The summed E-state index contributed by atoms with van der Waals surface area (Å²) in [7, 11) is -7.22. The highest BCUT2D eigenvalue weighted by atomic mass is 32.2. The molecule has 0 radical (unpaired) electrons. The summed E-state index contributed by atoms with van der Waals surface area (Å²) in [5, 5.41) is 4.91. The van der Waals surface area contributed by atoms with Crippen LogP contribution in [0.25, 0.3) is 0 Å². The van der Waals surface area contributed by atoms with Gasteiger partial charge in [-0.15, -0.1) is 0 Å². The molecular weight excluding hydrogens is 304 g/mol. The van der Waals surface area contributed by atoms with Crippen molar-refractivity contribution in [3.05, 3.63) is 17.7 Å². The molecule has 112 valence electrons. The van der Waals surface area contributed by atoms with E-state index in [0.29, 0.717) is 6.54 Å². The van der Waals surface area contributed by atoms with Crippen LogP contribution < -0.4 is 10.5 Å². The number of nitrogens with zero attached hydrogens (tertiary/aromatic N) is 2. The number of hydrogen-bond acceptors (Lipinski definition) is 6. The summed E-state index contributed by atoms with van der Waals surface area (Å²) in [5.74, 6) is -0.384. The molecule has 1 aliphatic rings. The van der Waals surface area contributed by atoms with Crippen LogP contribution in [0.1, 0.15) is 13.3 Å². The minimum absolute atomic E-state index is 0.101. The molecule has 0 spiro atoms. The first-order valence-electron chi connectivity index (χ1n) is 6.00. The average Bonchev–Trinajstić information content (AvgIpc) is 2.82. The van der Waals surface area contributed by atoms with Gasteiger partial charge in [0, 0.05) is 18.1 Å². The van der Waals surface area contributed by atoms with Gasteiger partial charge in [-0.3, -0.25) is 4.68 Å². The van der Waals surface area contributed by atoms with E-state index < -0.39 is 25.9 Å². The topological polar surface area (TPSA) is 124 Å². The predicted octanol–water partition coefficient (Wildman–Crippen LogP) is -0.536. The first-order valence-corrected chi connectivity index (χ1v) is 9.19. The number of nitrogens with one attached hydrogen (secondary N) is 1. The molecule has 10 heteroatoms. The quantitative estimate of drug-likeness (QED) is 0.751. The van der Waals surface area contributed by atoms with Gasteiger partial charge in [0.15, 0.2) is 15.7 Å². The smallest absolute Gasteiger partial charge is 0.246 e. The maximum Gasteiger partial charge on any atom is 0.246 e. The summed E-state index contributed by atoms with van der Waals surface area (Å²) >= 11 is 0. The van der Waals surface area contributed by atoms with Crippen LogP contribution in [-0.4, -0.2) is 38.4 Å². The van der Waals surface area contributed by atoms with Crippen LogP contribution in [0, 0.1) is 0 Å². The fraction of sp³-hybridized carbons (Fsp3) is 0.500. The first-order chi connectivity index (χ1) is 9.23. The van der Waals surface area contributed by atoms with E-state index in [0.717, 1.165) is 11.8 Å². The fourth-order valence-electron chi connectivity index (χ4n) is 1.88. The van der Waals surface area contributed by atoms with Crippen LogP contribution in [0.4, 0.5) is 5.82 Å². The molecule has 0 amide bonds. The zero-order valence-electron chi connectivity index (χ0n) is 10.9. The van der Waals surface area contributed by atoms with E-state index in [1.807, 2.05) is 6.92 Å². The van der Waals surface area contributed by atoms with Crippen molar-refractivity contribution in [1.82, 2.24) is 14.5 Å². The van der Waals surface area contributed by atoms with Crippen molar-refractivity contribution in [2.45, 2.75) is 30.8 Å². The molecule has 0 saturated heterocycles. The lowest BCUT2D eigenvalue weighted by Gasteiger charge is -2.09. The third-order valence-corrected chi connectivity index (χ3v) is 5.64. The van der Waals surface area contributed by atoms with Crippen molar-refractivity contribution in [2.24, 2.45) is 0 Å². The maximum absolute atomic E-state index is 12.2. The molecule has 3 N–H and O–H groups in total. The minimum atomic E-state index is -3.90. The summed E-state index contributed by atoms with van der Waals surface area (Å²) in [6.07, 6.45) is 3.44. The number of rotatable bonds is 5. The Hall–Kier alpha value is -1.39. The van der Waals surface area contributed by atoms with E-state index in [1.54, 1.807) is 0 Å². The second-order valence-corrected chi connectivity index (χ2v) is 8.14. The van der Waals surface area contributed by atoms with Crippen LogP contribution in [0.5, 0.6) is 0 Å². The standard InChI is InChI=1S/C10H16N4O4S2/c1-2-4-14-6-9(10(11)12-14)20(17,18)13-8-3-5-19(15,16)7-8/h3,5-6,8,13H,2,4,7H2,1H3,(H2,11,12). The molecule has 0 saturated carbocycles. The van der Waals surface area contributed by atoms with Crippen LogP contribution in [0.3, 0.4) is 0 Å².